The zero-order valence-electron chi connectivity index (χ0n) is 15.0. The van der Waals surface area contributed by atoms with Gasteiger partial charge in [0, 0.05) is 6.42 Å². The molecule has 0 N–H and O–H groups in total. The van der Waals surface area contributed by atoms with Crippen molar-refractivity contribution in [3.63, 3.8) is 0 Å². The van der Waals surface area contributed by atoms with Crippen LogP contribution >= 0.6 is 0 Å². The standard InChI is InChI=1S/C17H21F9O2/c1-2-28-13(27)12-8-6-11(7-9-12)5-3-4-10-14(18,19)15(20,21)16(22,23)17(24,25)26/h6,12H,2-5,7-10H2,1H3. The summed E-state index contributed by atoms with van der Waals surface area (Å²) >= 11 is 0. The third-order valence-electron chi connectivity index (χ3n) is 4.57. The van der Waals surface area contributed by atoms with E-state index in [-0.39, 0.29) is 31.3 Å². The van der Waals surface area contributed by atoms with Crippen LogP contribution in [0, 0.1) is 5.92 Å². The summed E-state index contributed by atoms with van der Waals surface area (Å²) < 4.78 is 120. The van der Waals surface area contributed by atoms with Crippen LogP contribution < -0.4 is 0 Å². The van der Waals surface area contributed by atoms with Crippen LogP contribution in [0.2, 0.25) is 0 Å². The maximum atomic E-state index is 13.4. The number of unbranched alkanes of at least 4 members (excludes halogenated alkanes) is 1. The molecule has 0 saturated heterocycles. The summed E-state index contributed by atoms with van der Waals surface area (Å²) in [6.07, 6.45) is -6.12. The number of alkyl halides is 9. The van der Waals surface area contributed by atoms with Crippen LogP contribution in [0.5, 0.6) is 0 Å². The number of ether oxygens (including phenoxy) is 1. The van der Waals surface area contributed by atoms with Crippen molar-refractivity contribution in [2.24, 2.45) is 5.92 Å². The smallest absolute Gasteiger partial charge is 0.460 e. The molecule has 0 saturated carbocycles. The Bertz CT molecular complexity index is 567. The quantitative estimate of drug-likeness (QED) is 0.186. The van der Waals surface area contributed by atoms with Crippen LogP contribution in [0.15, 0.2) is 11.6 Å². The fourth-order valence-corrected chi connectivity index (χ4v) is 2.85. The summed E-state index contributed by atoms with van der Waals surface area (Å²) in [6.45, 7) is 1.89. The second kappa shape index (κ2) is 8.94. The normalized spacial score (nSPS) is 19.4. The van der Waals surface area contributed by atoms with E-state index in [1.807, 2.05) is 0 Å². The fourth-order valence-electron chi connectivity index (χ4n) is 2.85. The van der Waals surface area contributed by atoms with Gasteiger partial charge in [0.05, 0.1) is 12.5 Å². The lowest BCUT2D eigenvalue weighted by Gasteiger charge is -2.33. The van der Waals surface area contributed by atoms with E-state index in [1.165, 1.54) is 0 Å². The largest absolute Gasteiger partial charge is 0.466 e. The first kappa shape index (κ1) is 24.6. The van der Waals surface area contributed by atoms with E-state index in [1.54, 1.807) is 13.0 Å². The molecular formula is C17H21F9O2. The zero-order valence-corrected chi connectivity index (χ0v) is 15.0. The van der Waals surface area contributed by atoms with Crippen LogP contribution in [-0.2, 0) is 9.53 Å². The predicted octanol–water partition coefficient (Wildman–Crippen LogP) is 6.30. The Morgan fingerprint density at radius 3 is 2.11 bits per heavy atom. The Kier molecular flexibility index (Phi) is 7.86. The first-order valence-corrected chi connectivity index (χ1v) is 8.72. The van der Waals surface area contributed by atoms with E-state index in [4.69, 9.17) is 4.74 Å². The molecule has 1 unspecified atom stereocenters. The fraction of sp³-hybridized carbons (Fsp3) is 0.824. The van der Waals surface area contributed by atoms with Gasteiger partial charge in [-0.15, -0.1) is 0 Å². The molecule has 0 aromatic heterocycles. The van der Waals surface area contributed by atoms with E-state index < -0.39 is 36.8 Å². The number of rotatable bonds is 9. The topological polar surface area (TPSA) is 26.3 Å². The third-order valence-corrected chi connectivity index (χ3v) is 4.57. The molecular weight excluding hydrogens is 407 g/mol. The van der Waals surface area contributed by atoms with Crippen molar-refractivity contribution in [2.45, 2.75) is 75.8 Å². The average Bonchev–Trinajstić information content (AvgIpc) is 2.58. The van der Waals surface area contributed by atoms with Crippen LogP contribution in [0.3, 0.4) is 0 Å². The van der Waals surface area contributed by atoms with Crippen molar-refractivity contribution >= 4 is 5.97 Å². The number of hydrogen-bond donors (Lipinski definition) is 0. The molecule has 0 aromatic rings. The molecule has 28 heavy (non-hydrogen) atoms. The summed E-state index contributed by atoms with van der Waals surface area (Å²) in [6, 6.07) is 0. The molecule has 0 amide bonds. The minimum Gasteiger partial charge on any atom is -0.466 e. The van der Waals surface area contributed by atoms with Gasteiger partial charge in [-0.2, -0.15) is 39.5 Å². The Morgan fingerprint density at radius 1 is 1.04 bits per heavy atom. The van der Waals surface area contributed by atoms with E-state index in [0.717, 1.165) is 5.57 Å². The van der Waals surface area contributed by atoms with Gasteiger partial charge >= 0.3 is 29.9 Å². The molecule has 164 valence electrons. The molecule has 1 rings (SSSR count). The molecule has 2 nitrogen and oxygen atoms in total. The van der Waals surface area contributed by atoms with Crippen molar-refractivity contribution in [2.75, 3.05) is 6.61 Å². The van der Waals surface area contributed by atoms with Crippen LogP contribution in [0.25, 0.3) is 0 Å². The van der Waals surface area contributed by atoms with Crippen molar-refractivity contribution in [1.29, 1.82) is 0 Å². The predicted molar refractivity (Wildman–Crippen MR) is 81.4 cm³/mol. The van der Waals surface area contributed by atoms with Gasteiger partial charge in [-0.1, -0.05) is 11.6 Å². The summed E-state index contributed by atoms with van der Waals surface area (Å²) in [5.74, 6) is -19.6. The summed E-state index contributed by atoms with van der Waals surface area (Å²) in [5, 5.41) is 0. The average molecular weight is 428 g/mol. The highest BCUT2D eigenvalue weighted by Gasteiger charge is 2.81. The van der Waals surface area contributed by atoms with Gasteiger partial charge in [0.25, 0.3) is 0 Å². The molecule has 0 fully saturated rings. The van der Waals surface area contributed by atoms with Crippen molar-refractivity contribution < 1.29 is 49.0 Å². The zero-order chi connectivity index (χ0) is 21.8. The van der Waals surface area contributed by atoms with E-state index in [9.17, 15) is 44.3 Å². The third kappa shape index (κ3) is 5.34. The highest BCUT2D eigenvalue weighted by atomic mass is 19.4. The van der Waals surface area contributed by atoms with Crippen LogP contribution in [0.4, 0.5) is 39.5 Å². The number of allylic oxidation sites excluding steroid dienone is 2. The SMILES string of the molecule is CCOC(=O)C1CC=C(CCCCC(F)(F)C(F)(F)C(F)(F)C(F)(F)F)CC1. The molecule has 0 bridgehead atoms. The molecule has 0 aromatic carbocycles. The molecule has 0 aliphatic heterocycles. The maximum absolute atomic E-state index is 13.4. The van der Waals surface area contributed by atoms with Gasteiger partial charge in [-0.25, -0.2) is 0 Å². The van der Waals surface area contributed by atoms with Crippen molar-refractivity contribution in [3.8, 4) is 0 Å². The van der Waals surface area contributed by atoms with E-state index >= 15 is 0 Å². The molecule has 1 aliphatic carbocycles. The summed E-state index contributed by atoms with van der Waals surface area (Å²) in [5.41, 5.74) is 0.788. The molecule has 0 radical (unpaired) electrons. The highest BCUT2D eigenvalue weighted by Crippen LogP contribution is 2.54. The first-order chi connectivity index (χ1) is 12.7. The van der Waals surface area contributed by atoms with Gasteiger partial charge in [-0.3, -0.25) is 4.79 Å². The van der Waals surface area contributed by atoms with Gasteiger partial charge in [0.1, 0.15) is 0 Å². The Hall–Kier alpha value is -1.42. The lowest BCUT2D eigenvalue weighted by Crippen LogP contribution is -2.60. The van der Waals surface area contributed by atoms with Gasteiger partial charge in [0.2, 0.25) is 0 Å². The Labute approximate surface area is 156 Å². The molecule has 0 spiro atoms. The lowest BCUT2D eigenvalue weighted by molar-refractivity contribution is -0.396. The molecule has 1 aliphatic rings. The van der Waals surface area contributed by atoms with Crippen molar-refractivity contribution in [3.05, 3.63) is 11.6 Å². The number of esters is 1. The highest BCUT2D eigenvalue weighted by molar-refractivity contribution is 5.72. The summed E-state index contributed by atoms with van der Waals surface area (Å²) in [4.78, 5) is 11.6. The molecule has 0 heterocycles. The second-order valence-corrected chi connectivity index (χ2v) is 6.64. The number of carbonyl (C=O) groups excluding carboxylic acids is 1. The minimum atomic E-state index is -6.84. The van der Waals surface area contributed by atoms with Crippen LogP contribution in [-0.4, -0.2) is 36.5 Å². The van der Waals surface area contributed by atoms with Gasteiger partial charge in [-0.05, 0) is 45.4 Å². The number of halogens is 9. The van der Waals surface area contributed by atoms with Crippen LogP contribution in [0.1, 0.15) is 51.9 Å². The molecule has 11 heteroatoms. The van der Waals surface area contributed by atoms with Gasteiger partial charge in [0.15, 0.2) is 0 Å². The first-order valence-electron chi connectivity index (χ1n) is 8.72. The second-order valence-electron chi connectivity index (χ2n) is 6.64. The van der Waals surface area contributed by atoms with Gasteiger partial charge < -0.3 is 4.74 Å². The maximum Gasteiger partial charge on any atom is 0.460 e. The summed E-state index contributed by atoms with van der Waals surface area (Å²) in [7, 11) is 0. The van der Waals surface area contributed by atoms with E-state index in [0.29, 0.717) is 19.3 Å². The Balaban J connectivity index is 2.54. The molecule has 1 atom stereocenters. The Morgan fingerprint density at radius 2 is 1.64 bits per heavy atom. The lowest BCUT2D eigenvalue weighted by atomic mass is 9.87. The monoisotopic (exact) mass is 428 g/mol. The number of hydrogen-bond acceptors (Lipinski definition) is 2. The number of carbonyl (C=O) groups is 1. The minimum absolute atomic E-state index is 0.0842. The van der Waals surface area contributed by atoms with Crippen molar-refractivity contribution in [1.82, 2.24) is 0 Å². The van der Waals surface area contributed by atoms with E-state index in [2.05, 4.69) is 0 Å².